The third kappa shape index (κ3) is 2.20. The maximum Gasteiger partial charge on any atom is 0.178 e. The number of halogens is 1. The topological polar surface area (TPSA) is 29.9 Å². The molecule has 1 aliphatic rings. The summed E-state index contributed by atoms with van der Waals surface area (Å²) in [5.41, 5.74) is 2.00. The van der Waals surface area contributed by atoms with Crippen LogP contribution in [0.5, 0.6) is 0 Å². The second-order valence-electron chi connectivity index (χ2n) is 4.64. The quantitative estimate of drug-likeness (QED) is 0.865. The molecule has 1 saturated heterocycles. The van der Waals surface area contributed by atoms with Gasteiger partial charge < -0.3 is 14.3 Å². The van der Waals surface area contributed by atoms with E-state index in [0.29, 0.717) is 6.10 Å². The molecule has 0 saturated carbocycles. The number of aromatic nitrogens is 2. The minimum absolute atomic E-state index is 0.385. The minimum Gasteiger partial charge on any atom is -0.378 e. The van der Waals surface area contributed by atoms with Gasteiger partial charge in [0, 0.05) is 13.2 Å². The third-order valence-corrected chi connectivity index (χ3v) is 4.10. The first-order chi connectivity index (χ1) is 8.75. The summed E-state index contributed by atoms with van der Waals surface area (Å²) in [5.74, 6) is 0. The molecule has 0 aliphatic carbocycles. The summed E-state index contributed by atoms with van der Waals surface area (Å²) in [7, 11) is 0. The highest BCUT2D eigenvalue weighted by atomic mass is 35.5. The Bertz CT molecular complexity index is 613. The molecule has 2 heterocycles. The zero-order valence-corrected chi connectivity index (χ0v) is 11.6. The van der Waals surface area contributed by atoms with Crippen molar-refractivity contribution in [2.24, 2.45) is 0 Å². The van der Waals surface area contributed by atoms with Crippen LogP contribution in [-0.4, -0.2) is 22.3 Å². The standard InChI is InChI=1S/C13H15ClN2OS/c14-10-4-1-5-11-12(10)15-13(18)16(11)7-6-9-3-2-8-17-9/h1,4-5,9H,2-3,6-8H2,(H,15,18). The van der Waals surface area contributed by atoms with Crippen LogP contribution >= 0.6 is 23.8 Å². The molecule has 0 bridgehead atoms. The highest BCUT2D eigenvalue weighted by Crippen LogP contribution is 2.24. The maximum atomic E-state index is 6.15. The number of rotatable bonds is 3. The van der Waals surface area contributed by atoms with Crippen molar-refractivity contribution in [3.8, 4) is 0 Å². The molecule has 18 heavy (non-hydrogen) atoms. The number of hydrogen-bond acceptors (Lipinski definition) is 2. The van der Waals surface area contributed by atoms with E-state index in [1.807, 2.05) is 18.2 Å². The predicted molar refractivity (Wildman–Crippen MR) is 75.7 cm³/mol. The molecule has 3 rings (SSSR count). The van der Waals surface area contributed by atoms with Crippen LogP contribution in [0, 0.1) is 4.77 Å². The highest BCUT2D eigenvalue weighted by Gasteiger charge is 2.16. The van der Waals surface area contributed by atoms with Gasteiger partial charge in [0.2, 0.25) is 0 Å². The lowest BCUT2D eigenvalue weighted by molar-refractivity contribution is 0.101. The number of ether oxygens (including phenoxy) is 1. The Morgan fingerprint density at radius 3 is 3.17 bits per heavy atom. The molecule has 1 N–H and O–H groups in total. The van der Waals surface area contributed by atoms with Gasteiger partial charge >= 0.3 is 0 Å². The third-order valence-electron chi connectivity index (χ3n) is 3.46. The van der Waals surface area contributed by atoms with Crippen LogP contribution in [-0.2, 0) is 11.3 Å². The van der Waals surface area contributed by atoms with Crippen LogP contribution in [0.25, 0.3) is 11.0 Å². The molecule has 1 aromatic carbocycles. The number of aromatic amines is 1. The summed E-state index contributed by atoms with van der Waals surface area (Å²) in [4.78, 5) is 3.18. The van der Waals surface area contributed by atoms with Crippen LogP contribution in [0.15, 0.2) is 18.2 Å². The molecule has 0 radical (unpaired) electrons. The van der Waals surface area contributed by atoms with E-state index in [1.165, 1.54) is 6.42 Å². The van der Waals surface area contributed by atoms with E-state index in [-0.39, 0.29) is 0 Å². The Morgan fingerprint density at radius 2 is 2.39 bits per heavy atom. The lowest BCUT2D eigenvalue weighted by atomic mass is 10.2. The van der Waals surface area contributed by atoms with E-state index in [9.17, 15) is 0 Å². The first-order valence-corrected chi connectivity index (χ1v) is 7.03. The van der Waals surface area contributed by atoms with Crippen molar-refractivity contribution in [3.63, 3.8) is 0 Å². The Balaban J connectivity index is 1.89. The molecular formula is C13H15ClN2OS. The van der Waals surface area contributed by atoms with Gasteiger partial charge in [-0.15, -0.1) is 0 Å². The predicted octanol–water partition coefficient (Wildman–Crippen LogP) is 3.92. The van der Waals surface area contributed by atoms with Gasteiger partial charge in [-0.1, -0.05) is 17.7 Å². The Labute approximate surface area is 116 Å². The number of benzene rings is 1. The van der Waals surface area contributed by atoms with Crippen LogP contribution in [0.3, 0.4) is 0 Å². The van der Waals surface area contributed by atoms with Gasteiger partial charge in [0.1, 0.15) is 0 Å². The van der Waals surface area contributed by atoms with Crippen molar-refractivity contribution in [2.75, 3.05) is 6.61 Å². The summed E-state index contributed by atoms with van der Waals surface area (Å²) >= 11 is 11.5. The average molecular weight is 283 g/mol. The van der Waals surface area contributed by atoms with Gasteiger partial charge in [-0.3, -0.25) is 0 Å². The lowest BCUT2D eigenvalue weighted by Gasteiger charge is -2.10. The molecule has 1 fully saturated rings. The van der Waals surface area contributed by atoms with Gasteiger partial charge in [0.15, 0.2) is 4.77 Å². The molecule has 1 atom stereocenters. The SMILES string of the molecule is S=c1[nH]c2c(Cl)cccc2n1CCC1CCCO1. The van der Waals surface area contributed by atoms with Crippen molar-refractivity contribution < 1.29 is 4.74 Å². The number of imidazole rings is 1. The second-order valence-corrected chi connectivity index (χ2v) is 5.43. The van der Waals surface area contributed by atoms with Gasteiger partial charge in [-0.05, 0) is 43.6 Å². The Morgan fingerprint density at radius 1 is 1.50 bits per heavy atom. The summed E-state index contributed by atoms with van der Waals surface area (Å²) < 4.78 is 8.49. The fourth-order valence-electron chi connectivity index (χ4n) is 2.51. The van der Waals surface area contributed by atoms with Crippen LogP contribution < -0.4 is 0 Å². The van der Waals surface area contributed by atoms with Crippen molar-refractivity contribution in [1.82, 2.24) is 9.55 Å². The van der Waals surface area contributed by atoms with Gasteiger partial charge in [0.25, 0.3) is 0 Å². The van der Waals surface area contributed by atoms with E-state index in [1.54, 1.807) is 0 Å². The van der Waals surface area contributed by atoms with Crippen molar-refractivity contribution in [2.45, 2.75) is 31.9 Å². The molecule has 3 nitrogen and oxygen atoms in total. The molecule has 2 aromatic rings. The Kier molecular flexibility index (Phi) is 3.41. The normalized spacial score (nSPS) is 19.7. The van der Waals surface area contributed by atoms with Gasteiger partial charge in [0.05, 0.1) is 22.2 Å². The molecule has 1 aromatic heterocycles. The number of aryl methyl sites for hydroxylation is 1. The Hall–Kier alpha value is -0.840. The van der Waals surface area contributed by atoms with E-state index >= 15 is 0 Å². The van der Waals surface area contributed by atoms with E-state index in [0.717, 1.165) is 46.8 Å². The van der Waals surface area contributed by atoms with Gasteiger partial charge in [-0.25, -0.2) is 0 Å². The fourth-order valence-corrected chi connectivity index (χ4v) is 3.02. The summed E-state index contributed by atoms with van der Waals surface area (Å²) in [6.45, 7) is 1.78. The smallest absolute Gasteiger partial charge is 0.178 e. The number of para-hydroxylation sites is 1. The van der Waals surface area contributed by atoms with Gasteiger partial charge in [-0.2, -0.15) is 0 Å². The zero-order chi connectivity index (χ0) is 12.5. The van der Waals surface area contributed by atoms with E-state index in [4.69, 9.17) is 28.6 Å². The number of nitrogens with zero attached hydrogens (tertiary/aromatic N) is 1. The first kappa shape index (κ1) is 12.2. The van der Waals surface area contributed by atoms with Crippen molar-refractivity contribution in [1.29, 1.82) is 0 Å². The molecule has 0 amide bonds. The summed E-state index contributed by atoms with van der Waals surface area (Å²) in [5, 5.41) is 0.717. The lowest BCUT2D eigenvalue weighted by Crippen LogP contribution is -2.10. The summed E-state index contributed by atoms with van der Waals surface area (Å²) in [6, 6.07) is 5.87. The largest absolute Gasteiger partial charge is 0.378 e. The molecule has 96 valence electrons. The monoisotopic (exact) mass is 282 g/mol. The minimum atomic E-state index is 0.385. The summed E-state index contributed by atoms with van der Waals surface area (Å²) in [6.07, 6.45) is 3.73. The molecule has 5 heteroatoms. The van der Waals surface area contributed by atoms with E-state index < -0.39 is 0 Å². The average Bonchev–Trinajstić information content (AvgIpc) is 2.95. The number of hydrogen-bond donors (Lipinski definition) is 1. The highest BCUT2D eigenvalue weighted by molar-refractivity contribution is 7.71. The first-order valence-electron chi connectivity index (χ1n) is 6.24. The second kappa shape index (κ2) is 5.03. The zero-order valence-electron chi connectivity index (χ0n) is 9.99. The van der Waals surface area contributed by atoms with E-state index in [2.05, 4.69) is 9.55 Å². The van der Waals surface area contributed by atoms with Crippen molar-refractivity contribution in [3.05, 3.63) is 28.0 Å². The van der Waals surface area contributed by atoms with Crippen LogP contribution in [0.2, 0.25) is 5.02 Å². The van der Waals surface area contributed by atoms with Crippen LogP contribution in [0.1, 0.15) is 19.3 Å². The maximum absolute atomic E-state index is 6.15. The molecular weight excluding hydrogens is 268 g/mol. The van der Waals surface area contributed by atoms with Crippen LogP contribution in [0.4, 0.5) is 0 Å². The number of nitrogens with one attached hydrogen (secondary N) is 1. The molecule has 1 unspecified atom stereocenters. The number of fused-ring (bicyclic) bond motifs is 1. The molecule has 0 spiro atoms. The van der Waals surface area contributed by atoms with Crippen molar-refractivity contribution >= 4 is 34.9 Å². The fraction of sp³-hybridized carbons (Fsp3) is 0.462. The number of H-pyrrole nitrogens is 1. The molecule has 1 aliphatic heterocycles.